The first kappa shape index (κ1) is 19.5. The van der Waals surface area contributed by atoms with Crippen LogP contribution in [0.25, 0.3) is 21.2 Å². The van der Waals surface area contributed by atoms with Crippen LogP contribution < -0.4 is 0 Å². The Kier molecular flexibility index (Phi) is 4.08. The number of benzene rings is 1. The van der Waals surface area contributed by atoms with Crippen LogP contribution in [0, 0.1) is 20.8 Å². The summed E-state index contributed by atoms with van der Waals surface area (Å²) in [5.41, 5.74) is -2.47. The molecule has 3 aromatic rings. The maximum atomic E-state index is 14.9. The largest absolute Gasteiger partial charge is 0.380 e. The summed E-state index contributed by atoms with van der Waals surface area (Å²) in [7, 11) is 0. The number of hydrogen-bond donors (Lipinski definition) is 0. The Morgan fingerprint density at radius 2 is 1.39 bits per heavy atom. The van der Waals surface area contributed by atoms with E-state index in [9.17, 15) is 26.3 Å². The summed E-state index contributed by atoms with van der Waals surface area (Å²) in [5.74, 6) is -15.5. The maximum absolute atomic E-state index is 14.9. The van der Waals surface area contributed by atoms with Gasteiger partial charge in [-0.05, 0) is 49.4 Å². The molecule has 0 spiro atoms. The van der Waals surface area contributed by atoms with E-state index >= 15 is 0 Å². The fourth-order valence-electron chi connectivity index (χ4n) is 3.68. The van der Waals surface area contributed by atoms with E-state index in [1.54, 1.807) is 31.2 Å². The van der Waals surface area contributed by atoms with Gasteiger partial charge in [0.25, 0.3) is 0 Å². The Labute approximate surface area is 165 Å². The van der Waals surface area contributed by atoms with Crippen LogP contribution in [-0.4, -0.2) is 17.8 Å². The molecule has 2 aromatic heterocycles. The van der Waals surface area contributed by atoms with Crippen LogP contribution in [0.2, 0.25) is 0 Å². The first-order chi connectivity index (χ1) is 12.9. The lowest BCUT2D eigenvalue weighted by Gasteiger charge is -2.25. The van der Waals surface area contributed by atoms with Crippen LogP contribution >= 0.6 is 22.7 Å². The SMILES string of the molecule is Cc1cc(C2=C(c3sc4ccccc4c3C)C(F)(F)C(F)(F)C2(F)F)c(C)s1. The monoisotopic (exact) mass is 432 g/mol. The topological polar surface area (TPSA) is 0 Å². The quantitative estimate of drug-likeness (QED) is 0.364. The molecule has 0 N–H and O–H groups in total. The zero-order valence-corrected chi connectivity index (χ0v) is 16.6. The van der Waals surface area contributed by atoms with Crippen LogP contribution in [0.5, 0.6) is 0 Å². The fourth-order valence-corrected chi connectivity index (χ4v) is 5.90. The number of thiophene rings is 2. The fraction of sp³-hybridized carbons (Fsp3) is 0.300. The predicted octanol–water partition coefficient (Wildman–Crippen LogP) is 7.72. The predicted molar refractivity (Wildman–Crippen MR) is 102 cm³/mol. The van der Waals surface area contributed by atoms with Crippen molar-refractivity contribution in [3.8, 4) is 0 Å². The minimum Gasteiger partial charge on any atom is -0.194 e. The average molecular weight is 432 g/mol. The van der Waals surface area contributed by atoms with Crippen LogP contribution in [0.3, 0.4) is 0 Å². The van der Waals surface area contributed by atoms with Crippen molar-refractivity contribution in [1.29, 1.82) is 0 Å². The van der Waals surface area contributed by atoms with Crippen molar-refractivity contribution in [1.82, 2.24) is 0 Å². The molecule has 28 heavy (non-hydrogen) atoms. The van der Waals surface area contributed by atoms with Crippen LogP contribution in [0.1, 0.15) is 25.8 Å². The van der Waals surface area contributed by atoms with Crippen molar-refractivity contribution >= 4 is 43.9 Å². The lowest BCUT2D eigenvalue weighted by atomic mass is 9.97. The molecule has 1 aliphatic carbocycles. The standard InChI is InChI=1S/C20H14F6S2/c1-9-8-13(11(3)27-9)15-16(19(23,24)20(25,26)18(15,21)22)17-10(2)12-6-4-5-7-14(12)28-17/h4-8H,1-3H3. The van der Waals surface area contributed by atoms with E-state index in [2.05, 4.69) is 0 Å². The molecule has 0 nitrogen and oxygen atoms in total. The first-order valence-corrected chi connectivity index (χ1v) is 9.99. The molecule has 1 aliphatic rings. The molecule has 2 heterocycles. The molecular formula is C20H14F6S2. The van der Waals surface area contributed by atoms with E-state index in [1.165, 1.54) is 19.9 Å². The van der Waals surface area contributed by atoms with Gasteiger partial charge in [-0.2, -0.15) is 26.3 Å². The van der Waals surface area contributed by atoms with Crippen molar-refractivity contribution < 1.29 is 26.3 Å². The van der Waals surface area contributed by atoms with Crippen LogP contribution in [-0.2, 0) is 0 Å². The molecule has 148 valence electrons. The molecular weight excluding hydrogens is 418 g/mol. The van der Waals surface area contributed by atoms with Gasteiger partial charge in [-0.1, -0.05) is 18.2 Å². The molecule has 0 fully saturated rings. The van der Waals surface area contributed by atoms with Gasteiger partial charge in [0.2, 0.25) is 0 Å². The van der Waals surface area contributed by atoms with E-state index in [4.69, 9.17) is 0 Å². The summed E-state index contributed by atoms with van der Waals surface area (Å²) in [6.45, 7) is 4.59. The molecule has 0 aliphatic heterocycles. The summed E-state index contributed by atoms with van der Waals surface area (Å²) < 4.78 is 88.7. The molecule has 0 unspecified atom stereocenters. The Balaban J connectivity index is 2.15. The second-order valence-corrected chi connectivity index (χ2v) is 9.37. The number of aryl methyl sites for hydroxylation is 3. The highest BCUT2D eigenvalue weighted by Crippen LogP contribution is 2.66. The van der Waals surface area contributed by atoms with E-state index in [1.807, 2.05) is 0 Å². The first-order valence-electron chi connectivity index (χ1n) is 8.36. The normalized spacial score (nSPS) is 20.3. The van der Waals surface area contributed by atoms with E-state index in [0.717, 1.165) is 22.7 Å². The summed E-state index contributed by atoms with van der Waals surface area (Å²) in [4.78, 5) is 0.667. The van der Waals surface area contributed by atoms with Gasteiger partial charge in [0.05, 0.1) is 5.57 Å². The van der Waals surface area contributed by atoms with Crippen molar-refractivity contribution in [2.45, 2.75) is 38.5 Å². The Morgan fingerprint density at radius 3 is 1.96 bits per heavy atom. The van der Waals surface area contributed by atoms with Gasteiger partial charge in [-0.25, -0.2) is 0 Å². The molecule has 8 heteroatoms. The number of halogens is 6. The summed E-state index contributed by atoms with van der Waals surface area (Å²) in [6.07, 6.45) is 0. The van der Waals surface area contributed by atoms with Crippen molar-refractivity contribution in [2.75, 3.05) is 0 Å². The third-order valence-electron chi connectivity index (χ3n) is 5.05. The van der Waals surface area contributed by atoms with Crippen molar-refractivity contribution in [2.24, 2.45) is 0 Å². The zero-order chi connectivity index (χ0) is 20.6. The molecule has 0 atom stereocenters. The molecule has 1 aromatic carbocycles. The zero-order valence-electron chi connectivity index (χ0n) is 15.0. The second-order valence-electron chi connectivity index (χ2n) is 6.85. The number of fused-ring (bicyclic) bond motifs is 1. The highest BCUT2D eigenvalue weighted by atomic mass is 32.1. The lowest BCUT2D eigenvalue weighted by Crippen LogP contribution is -2.48. The minimum atomic E-state index is -5.52. The maximum Gasteiger partial charge on any atom is 0.380 e. The summed E-state index contributed by atoms with van der Waals surface area (Å²) >= 11 is 1.94. The summed E-state index contributed by atoms with van der Waals surface area (Å²) in [6, 6.07) is 7.96. The number of rotatable bonds is 2. The smallest absolute Gasteiger partial charge is 0.194 e. The second kappa shape index (κ2) is 5.86. The lowest BCUT2D eigenvalue weighted by molar-refractivity contribution is -0.254. The minimum absolute atomic E-state index is 0.221. The van der Waals surface area contributed by atoms with Gasteiger partial charge in [0.1, 0.15) is 0 Å². The third kappa shape index (κ3) is 2.30. The number of alkyl halides is 6. The van der Waals surface area contributed by atoms with Gasteiger partial charge in [0, 0.05) is 24.9 Å². The van der Waals surface area contributed by atoms with E-state index in [0.29, 0.717) is 25.4 Å². The number of hydrogen-bond acceptors (Lipinski definition) is 2. The van der Waals surface area contributed by atoms with Crippen molar-refractivity contribution in [3.63, 3.8) is 0 Å². The van der Waals surface area contributed by atoms with Gasteiger partial charge < -0.3 is 0 Å². The molecule has 0 saturated heterocycles. The van der Waals surface area contributed by atoms with Crippen molar-refractivity contribution in [3.05, 3.63) is 56.1 Å². The van der Waals surface area contributed by atoms with Crippen LogP contribution in [0.4, 0.5) is 26.3 Å². The Morgan fingerprint density at radius 1 is 0.786 bits per heavy atom. The Hall–Kier alpha value is -1.80. The van der Waals surface area contributed by atoms with E-state index in [-0.39, 0.29) is 10.4 Å². The molecule has 0 bridgehead atoms. The van der Waals surface area contributed by atoms with Crippen LogP contribution in [0.15, 0.2) is 30.3 Å². The average Bonchev–Trinajstić information content (AvgIpc) is 3.13. The van der Waals surface area contributed by atoms with Gasteiger partial charge in [0.15, 0.2) is 0 Å². The van der Waals surface area contributed by atoms with E-state index < -0.39 is 28.9 Å². The van der Waals surface area contributed by atoms with Gasteiger partial charge >= 0.3 is 17.8 Å². The molecule has 0 saturated carbocycles. The molecule has 0 amide bonds. The third-order valence-corrected chi connectivity index (χ3v) is 7.30. The summed E-state index contributed by atoms with van der Waals surface area (Å²) in [5, 5.41) is 0.585. The van der Waals surface area contributed by atoms with Gasteiger partial charge in [-0.3, -0.25) is 0 Å². The molecule has 0 radical (unpaired) electrons. The highest BCUT2D eigenvalue weighted by molar-refractivity contribution is 7.20. The number of allylic oxidation sites excluding steroid dienone is 2. The van der Waals surface area contributed by atoms with Gasteiger partial charge in [-0.15, -0.1) is 22.7 Å². The molecule has 4 rings (SSSR count). The Bertz CT molecular complexity index is 1130. The highest BCUT2D eigenvalue weighted by Gasteiger charge is 2.80.